The normalized spacial score (nSPS) is 12.2. The van der Waals surface area contributed by atoms with E-state index in [1.54, 1.807) is 14.2 Å². The number of aliphatic imine (C=N–C) groups is 1. The van der Waals surface area contributed by atoms with Crippen LogP contribution in [0, 0.1) is 0 Å². The van der Waals surface area contributed by atoms with Gasteiger partial charge in [0.2, 0.25) is 5.91 Å². The molecular formula is C22H30N4O2. The second kappa shape index (κ2) is 11.0. The van der Waals surface area contributed by atoms with E-state index >= 15 is 0 Å². The molecule has 2 rings (SSSR count). The summed E-state index contributed by atoms with van der Waals surface area (Å²) in [5.74, 6) is 1.25. The molecule has 1 atom stereocenters. The minimum absolute atomic E-state index is 0.131. The average molecular weight is 383 g/mol. The molecule has 0 aliphatic carbocycles. The number of amides is 1. The number of carbonyl (C=O) groups excluding carboxylic acids is 1. The van der Waals surface area contributed by atoms with Crippen molar-refractivity contribution >= 4 is 17.6 Å². The number of hydrogen-bond donors (Lipinski definition) is 3. The predicted octanol–water partition coefficient (Wildman–Crippen LogP) is 3.34. The second-order valence-corrected chi connectivity index (χ2v) is 6.71. The molecule has 1 unspecified atom stereocenters. The first-order valence-corrected chi connectivity index (χ1v) is 9.47. The maximum atomic E-state index is 11.4. The van der Waals surface area contributed by atoms with Gasteiger partial charge in [-0.2, -0.15) is 0 Å². The number of hydrogen-bond acceptors (Lipinski definition) is 3. The molecule has 0 radical (unpaired) electrons. The van der Waals surface area contributed by atoms with Crippen LogP contribution < -0.4 is 20.7 Å². The van der Waals surface area contributed by atoms with E-state index in [1.807, 2.05) is 24.3 Å². The van der Waals surface area contributed by atoms with E-state index in [4.69, 9.17) is 4.74 Å². The molecule has 0 spiro atoms. The Balaban J connectivity index is 1.88. The first kappa shape index (κ1) is 21.3. The van der Waals surface area contributed by atoms with Crippen molar-refractivity contribution in [3.63, 3.8) is 0 Å². The zero-order chi connectivity index (χ0) is 20.4. The van der Waals surface area contributed by atoms with Gasteiger partial charge in [0.05, 0.1) is 12.8 Å². The molecule has 0 aliphatic heterocycles. The van der Waals surface area contributed by atoms with Gasteiger partial charge in [0.1, 0.15) is 5.75 Å². The number of ether oxygens (including phenoxy) is 1. The van der Waals surface area contributed by atoms with Crippen LogP contribution in [0.15, 0.2) is 53.5 Å². The molecule has 6 heteroatoms. The van der Waals surface area contributed by atoms with Gasteiger partial charge in [0.15, 0.2) is 5.96 Å². The fourth-order valence-corrected chi connectivity index (χ4v) is 2.87. The summed E-state index contributed by atoms with van der Waals surface area (Å²) in [7, 11) is 3.34. The summed E-state index contributed by atoms with van der Waals surface area (Å²) in [6.07, 6.45) is 2.03. The monoisotopic (exact) mass is 382 g/mol. The molecule has 150 valence electrons. The van der Waals surface area contributed by atoms with E-state index in [0.29, 0.717) is 18.0 Å². The predicted molar refractivity (Wildman–Crippen MR) is 115 cm³/mol. The highest BCUT2D eigenvalue weighted by Gasteiger charge is 2.08. The Morgan fingerprint density at radius 1 is 1.14 bits per heavy atom. The molecule has 6 nitrogen and oxygen atoms in total. The van der Waals surface area contributed by atoms with E-state index in [2.05, 4.69) is 52.1 Å². The highest BCUT2D eigenvalue weighted by molar-refractivity contribution is 5.90. The van der Waals surface area contributed by atoms with Crippen LogP contribution in [0.3, 0.4) is 0 Å². The molecule has 28 heavy (non-hydrogen) atoms. The van der Waals surface area contributed by atoms with Crippen molar-refractivity contribution in [1.29, 1.82) is 0 Å². The standard InChI is InChI=1S/C22H30N4O2/c1-16(10-11-18-8-6-5-7-9-18)25-22(23-3)24-15-19-12-13-21(28-4)20(14-19)26-17(2)27/h5-9,12-14,16H,10-11,15H2,1-4H3,(H,26,27)(H2,23,24,25). The van der Waals surface area contributed by atoms with Crippen LogP contribution in [0.4, 0.5) is 5.69 Å². The van der Waals surface area contributed by atoms with Gasteiger partial charge in [0.25, 0.3) is 0 Å². The smallest absolute Gasteiger partial charge is 0.221 e. The van der Waals surface area contributed by atoms with Gasteiger partial charge in [-0.3, -0.25) is 9.79 Å². The Morgan fingerprint density at radius 2 is 1.89 bits per heavy atom. The molecule has 0 fully saturated rings. The average Bonchev–Trinajstić information content (AvgIpc) is 2.70. The number of anilines is 1. The summed E-state index contributed by atoms with van der Waals surface area (Å²) in [5, 5.41) is 9.53. The molecule has 0 saturated carbocycles. The van der Waals surface area contributed by atoms with Gasteiger partial charge in [-0.05, 0) is 43.0 Å². The largest absolute Gasteiger partial charge is 0.495 e. The SMILES string of the molecule is CN=C(NCc1ccc(OC)c(NC(C)=O)c1)NC(C)CCc1ccccc1. The van der Waals surface area contributed by atoms with Gasteiger partial charge in [-0.1, -0.05) is 36.4 Å². The summed E-state index contributed by atoms with van der Waals surface area (Å²) in [4.78, 5) is 15.7. The second-order valence-electron chi connectivity index (χ2n) is 6.71. The topological polar surface area (TPSA) is 74.8 Å². The number of guanidine groups is 1. The van der Waals surface area contributed by atoms with E-state index in [0.717, 1.165) is 24.4 Å². The van der Waals surface area contributed by atoms with E-state index in [-0.39, 0.29) is 11.9 Å². The first-order chi connectivity index (χ1) is 13.5. The number of aryl methyl sites for hydroxylation is 1. The fraction of sp³-hybridized carbons (Fsp3) is 0.364. The lowest BCUT2D eigenvalue weighted by molar-refractivity contribution is -0.114. The Morgan fingerprint density at radius 3 is 2.54 bits per heavy atom. The number of carbonyl (C=O) groups is 1. The zero-order valence-electron chi connectivity index (χ0n) is 17.1. The van der Waals surface area contributed by atoms with E-state index in [9.17, 15) is 4.79 Å². The van der Waals surface area contributed by atoms with Crippen molar-refractivity contribution in [1.82, 2.24) is 10.6 Å². The summed E-state index contributed by atoms with van der Waals surface area (Å²) in [6.45, 7) is 4.21. The third-order valence-electron chi connectivity index (χ3n) is 4.35. The van der Waals surface area contributed by atoms with Crippen molar-refractivity contribution in [2.45, 2.75) is 39.3 Å². The van der Waals surface area contributed by atoms with Gasteiger partial charge in [-0.25, -0.2) is 0 Å². The lowest BCUT2D eigenvalue weighted by Crippen LogP contribution is -2.42. The van der Waals surface area contributed by atoms with Crippen molar-refractivity contribution < 1.29 is 9.53 Å². The number of rotatable bonds is 8. The number of nitrogens with one attached hydrogen (secondary N) is 3. The van der Waals surface area contributed by atoms with Crippen LogP contribution in [0.2, 0.25) is 0 Å². The van der Waals surface area contributed by atoms with Gasteiger partial charge >= 0.3 is 0 Å². The third-order valence-corrected chi connectivity index (χ3v) is 4.35. The minimum Gasteiger partial charge on any atom is -0.495 e. The lowest BCUT2D eigenvalue weighted by Gasteiger charge is -2.18. The minimum atomic E-state index is -0.131. The van der Waals surface area contributed by atoms with Gasteiger partial charge < -0.3 is 20.7 Å². The van der Waals surface area contributed by atoms with Crippen LogP contribution in [0.5, 0.6) is 5.75 Å². The highest BCUT2D eigenvalue weighted by atomic mass is 16.5. The van der Waals surface area contributed by atoms with Crippen LogP contribution in [-0.4, -0.2) is 32.1 Å². The van der Waals surface area contributed by atoms with Crippen molar-refractivity contribution in [3.05, 3.63) is 59.7 Å². The first-order valence-electron chi connectivity index (χ1n) is 9.47. The number of nitrogens with zero attached hydrogens (tertiary/aromatic N) is 1. The zero-order valence-corrected chi connectivity index (χ0v) is 17.1. The summed E-state index contributed by atoms with van der Waals surface area (Å²) in [5.41, 5.74) is 3.01. The third kappa shape index (κ3) is 6.95. The molecule has 3 N–H and O–H groups in total. The Hall–Kier alpha value is -3.02. The quantitative estimate of drug-likeness (QED) is 0.484. The van der Waals surface area contributed by atoms with Crippen LogP contribution >= 0.6 is 0 Å². The summed E-state index contributed by atoms with van der Waals surface area (Å²) < 4.78 is 5.29. The van der Waals surface area contributed by atoms with Crippen LogP contribution in [0.1, 0.15) is 31.4 Å². The van der Waals surface area contributed by atoms with E-state index < -0.39 is 0 Å². The number of benzene rings is 2. The maximum Gasteiger partial charge on any atom is 0.221 e. The van der Waals surface area contributed by atoms with Gasteiger partial charge in [0, 0.05) is 26.6 Å². The molecule has 1 amide bonds. The van der Waals surface area contributed by atoms with E-state index in [1.165, 1.54) is 12.5 Å². The van der Waals surface area contributed by atoms with Crippen molar-refractivity contribution in [2.24, 2.45) is 4.99 Å². The Bertz CT molecular complexity index is 790. The number of methoxy groups -OCH3 is 1. The molecule has 0 aliphatic rings. The maximum absolute atomic E-state index is 11.4. The lowest BCUT2D eigenvalue weighted by atomic mass is 10.1. The molecule has 0 saturated heterocycles. The van der Waals surface area contributed by atoms with Crippen molar-refractivity contribution in [2.75, 3.05) is 19.5 Å². The molecule has 2 aromatic carbocycles. The van der Waals surface area contributed by atoms with Gasteiger partial charge in [-0.15, -0.1) is 0 Å². The highest BCUT2D eigenvalue weighted by Crippen LogP contribution is 2.25. The molecular weight excluding hydrogens is 352 g/mol. The van der Waals surface area contributed by atoms with Crippen molar-refractivity contribution in [3.8, 4) is 5.75 Å². The fourth-order valence-electron chi connectivity index (χ4n) is 2.87. The molecule has 2 aromatic rings. The Kier molecular flexibility index (Phi) is 8.34. The molecule has 0 aromatic heterocycles. The molecule has 0 bridgehead atoms. The van der Waals surface area contributed by atoms with Crippen LogP contribution in [-0.2, 0) is 17.8 Å². The molecule has 0 heterocycles. The Labute approximate surface area is 167 Å². The van der Waals surface area contributed by atoms with Crippen LogP contribution in [0.25, 0.3) is 0 Å². The summed E-state index contributed by atoms with van der Waals surface area (Å²) >= 11 is 0. The summed E-state index contributed by atoms with van der Waals surface area (Å²) in [6, 6.07) is 16.5.